The van der Waals surface area contributed by atoms with Gasteiger partial charge >= 0.3 is 12.1 Å². The lowest BCUT2D eigenvalue weighted by atomic mass is 9.85. The summed E-state index contributed by atoms with van der Waals surface area (Å²) in [5, 5.41) is 9.34. The van der Waals surface area contributed by atoms with Crippen molar-refractivity contribution in [3.05, 3.63) is 35.9 Å². The van der Waals surface area contributed by atoms with Crippen molar-refractivity contribution in [2.45, 2.75) is 70.0 Å². The summed E-state index contributed by atoms with van der Waals surface area (Å²) < 4.78 is 26.9. The van der Waals surface area contributed by atoms with Gasteiger partial charge in [-0.25, -0.2) is 14.0 Å². The Bertz CT molecular complexity index is 706. The van der Waals surface area contributed by atoms with Crippen molar-refractivity contribution in [3.63, 3.8) is 0 Å². The molecular formula is C20H28FNO5Si. The maximum Gasteiger partial charge on any atom is 0.408 e. The first-order chi connectivity index (χ1) is 12.8. The van der Waals surface area contributed by atoms with Crippen LogP contribution >= 0.6 is 0 Å². The van der Waals surface area contributed by atoms with E-state index in [0.29, 0.717) is 0 Å². The van der Waals surface area contributed by atoms with E-state index in [0.717, 1.165) is 10.5 Å². The fraction of sp³-hybridized carbons (Fsp3) is 0.600. The van der Waals surface area contributed by atoms with Crippen molar-refractivity contribution in [1.82, 2.24) is 4.90 Å². The minimum absolute atomic E-state index is 0.00815. The first kappa shape index (κ1) is 22.4. The van der Waals surface area contributed by atoms with Crippen LogP contribution in [0.5, 0.6) is 0 Å². The standard InChI is InChI=1S/C20H28FNO5Si/c1-18(2,3)28-27-19(4,5)20(21)11-15(22(13-20)17(24)25)16(23)26-12-14-9-7-6-8-10-14/h6-10,15H,11-13H2,1-5H3,(H,24,25)/t15-,20+/m0/s1. The van der Waals surface area contributed by atoms with Crippen molar-refractivity contribution in [2.75, 3.05) is 6.54 Å². The first-order valence-electron chi connectivity index (χ1n) is 9.19. The smallest absolute Gasteiger partial charge is 0.408 e. The van der Waals surface area contributed by atoms with Gasteiger partial charge in [0.25, 0.3) is 0 Å². The number of carbonyl (C=O) groups is 2. The van der Waals surface area contributed by atoms with Crippen LogP contribution in [-0.4, -0.2) is 55.7 Å². The third-order valence-corrected chi connectivity index (χ3v) is 5.97. The summed E-state index contributed by atoms with van der Waals surface area (Å²) in [6.45, 7) is 8.72. The van der Waals surface area contributed by atoms with Crippen LogP contribution in [0.15, 0.2) is 30.3 Å². The molecule has 1 fully saturated rings. The van der Waals surface area contributed by atoms with Crippen LogP contribution < -0.4 is 0 Å². The summed E-state index contributed by atoms with van der Waals surface area (Å²) in [6.07, 6.45) is -1.65. The second-order valence-corrected chi connectivity index (χ2v) is 10.6. The van der Waals surface area contributed by atoms with Gasteiger partial charge in [0.05, 0.1) is 12.1 Å². The molecule has 1 aliphatic rings. The third-order valence-electron chi connectivity index (χ3n) is 4.75. The van der Waals surface area contributed by atoms with Gasteiger partial charge in [-0.3, -0.25) is 4.90 Å². The normalized spacial score (nSPS) is 22.9. The lowest BCUT2D eigenvalue weighted by Gasteiger charge is -2.39. The summed E-state index contributed by atoms with van der Waals surface area (Å²) in [5.41, 5.74) is -2.47. The number of rotatable bonds is 6. The number of hydrogen-bond donors (Lipinski definition) is 1. The number of likely N-dealkylation sites (tertiary alicyclic amines) is 1. The van der Waals surface area contributed by atoms with E-state index in [1.165, 1.54) is 0 Å². The van der Waals surface area contributed by atoms with Crippen molar-refractivity contribution >= 4 is 21.8 Å². The number of nitrogens with zero attached hydrogens (tertiary/aromatic N) is 1. The van der Waals surface area contributed by atoms with E-state index in [9.17, 15) is 14.7 Å². The van der Waals surface area contributed by atoms with Gasteiger partial charge in [-0.05, 0) is 24.4 Å². The van der Waals surface area contributed by atoms with Crippen LogP contribution in [-0.2, 0) is 20.6 Å². The quantitative estimate of drug-likeness (QED) is 0.571. The molecule has 0 unspecified atom stereocenters. The maximum absolute atomic E-state index is 15.8. The lowest BCUT2D eigenvalue weighted by Crippen LogP contribution is -2.52. The van der Waals surface area contributed by atoms with E-state index < -0.39 is 35.9 Å². The molecule has 0 bridgehead atoms. The highest BCUT2D eigenvalue weighted by Gasteiger charge is 2.58. The predicted molar refractivity (Wildman–Crippen MR) is 104 cm³/mol. The molecule has 6 nitrogen and oxygen atoms in total. The van der Waals surface area contributed by atoms with Crippen molar-refractivity contribution in [3.8, 4) is 0 Å². The number of hydrogen-bond acceptors (Lipinski definition) is 4. The van der Waals surface area contributed by atoms with Gasteiger partial charge in [0.1, 0.15) is 12.6 Å². The summed E-state index contributed by atoms with van der Waals surface area (Å²) in [7, 11) is 0.0330. The molecule has 0 aliphatic carbocycles. The summed E-state index contributed by atoms with van der Waals surface area (Å²) >= 11 is 0. The topological polar surface area (TPSA) is 76.1 Å². The Balaban J connectivity index is 2.12. The number of esters is 1. The van der Waals surface area contributed by atoms with Crippen LogP contribution in [0, 0.1) is 0 Å². The average Bonchev–Trinajstić information content (AvgIpc) is 2.98. The second-order valence-electron chi connectivity index (χ2n) is 8.65. The van der Waals surface area contributed by atoms with E-state index in [4.69, 9.17) is 9.16 Å². The molecule has 2 atom stereocenters. The second kappa shape index (κ2) is 8.20. The van der Waals surface area contributed by atoms with E-state index in [1.54, 1.807) is 26.0 Å². The molecule has 1 aromatic carbocycles. The zero-order valence-corrected chi connectivity index (χ0v) is 18.0. The van der Waals surface area contributed by atoms with Crippen LogP contribution in [0.3, 0.4) is 0 Å². The molecule has 2 rings (SSSR count). The molecule has 1 aromatic rings. The fourth-order valence-corrected chi connectivity index (χ4v) is 3.65. The molecule has 0 spiro atoms. The molecule has 0 saturated carbocycles. The highest BCUT2D eigenvalue weighted by molar-refractivity contribution is 6.31. The Morgan fingerprint density at radius 2 is 1.86 bits per heavy atom. The van der Waals surface area contributed by atoms with Crippen LogP contribution in [0.1, 0.15) is 46.6 Å². The molecule has 1 aliphatic heterocycles. The van der Waals surface area contributed by atoms with Crippen LogP contribution in [0.4, 0.5) is 9.18 Å². The van der Waals surface area contributed by atoms with Crippen LogP contribution in [0.25, 0.3) is 0 Å². The summed E-state index contributed by atoms with van der Waals surface area (Å²) in [4.78, 5) is 25.0. The highest BCUT2D eigenvalue weighted by atomic mass is 28.2. The molecule has 28 heavy (non-hydrogen) atoms. The molecule has 8 heteroatoms. The first-order valence-corrected chi connectivity index (χ1v) is 10.1. The number of alkyl halides is 1. The highest BCUT2D eigenvalue weighted by Crippen LogP contribution is 2.42. The van der Waals surface area contributed by atoms with Gasteiger partial charge < -0.3 is 14.3 Å². The lowest BCUT2D eigenvalue weighted by molar-refractivity contribution is -0.150. The minimum atomic E-state index is -2.00. The predicted octanol–water partition coefficient (Wildman–Crippen LogP) is 3.82. The van der Waals surface area contributed by atoms with Crippen LogP contribution in [0.2, 0.25) is 5.04 Å². The number of ether oxygens (including phenoxy) is 1. The Labute approximate surface area is 168 Å². The molecule has 154 valence electrons. The van der Waals surface area contributed by atoms with Gasteiger partial charge in [0.15, 0.2) is 5.67 Å². The largest absolute Gasteiger partial charge is 0.465 e. The van der Waals surface area contributed by atoms with Crippen molar-refractivity contribution < 1.29 is 28.2 Å². The summed E-state index contributed by atoms with van der Waals surface area (Å²) in [6, 6.07) is 7.84. The number of halogens is 1. The summed E-state index contributed by atoms with van der Waals surface area (Å²) in [5.74, 6) is -0.750. The van der Waals surface area contributed by atoms with Crippen molar-refractivity contribution in [2.24, 2.45) is 0 Å². The van der Waals surface area contributed by atoms with Crippen molar-refractivity contribution in [1.29, 1.82) is 0 Å². The average molecular weight is 410 g/mol. The van der Waals surface area contributed by atoms with E-state index in [-0.39, 0.29) is 27.8 Å². The Kier molecular flexibility index (Phi) is 6.55. The SMILES string of the molecule is CC(C)(C)[Si]OC(C)(C)[C@@]1(F)C[C@@H](C(=O)OCc2ccccc2)N(C(=O)O)C1. The molecule has 2 radical (unpaired) electrons. The number of carbonyl (C=O) groups excluding carboxylic acids is 1. The molecule has 1 heterocycles. The molecular weight excluding hydrogens is 381 g/mol. The minimum Gasteiger partial charge on any atom is -0.465 e. The number of amides is 1. The number of benzene rings is 1. The zero-order chi connectivity index (χ0) is 21.2. The maximum atomic E-state index is 15.8. The van der Waals surface area contributed by atoms with Gasteiger partial charge in [-0.15, -0.1) is 0 Å². The molecule has 1 amide bonds. The van der Waals surface area contributed by atoms with Gasteiger partial charge in [-0.1, -0.05) is 51.1 Å². The Hall–Kier alpha value is -1.93. The Morgan fingerprint density at radius 1 is 1.25 bits per heavy atom. The molecule has 1 N–H and O–H groups in total. The number of carboxylic acid groups (broad SMARTS) is 1. The third kappa shape index (κ3) is 5.32. The van der Waals surface area contributed by atoms with Gasteiger partial charge in [-0.2, -0.15) is 0 Å². The van der Waals surface area contributed by atoms with E-state index in [2.05, 4.69) is 0 Å². The zero-order valence-electron chi connectivity index (χ0n) is 17.0. The van der Waals surface area contributed by atoms with Gasteiger partial charge in [0.2, 0.25) is 9.76 Å². The monoisotopic (exact) mass is 409 g/mol. The van der Waals surface area contributed by atoms with Gasteiger partial charge in [0, 0.05) is 6.42 Å². The van der Waals surface area contributed by atoms with E-state index >= 15 is 4.39 Å². The Morgan fingerprint density at radius 3 is 2.39 bits per heavy atom. The molecule has 0 aromatic heterocycles. The molecule has 1 saturated heterocycles. The fourth-order valence-electron chi connectivity index (χ4n) is 2.91. The van der Waals surface area contributed by atoms with E-state index in [1.807, 2.05) is 39.0 Å².